The minimum absolute atomic E-state index is 0.117. The Morgan fingerprint density at radius 3 is 2.12 bits per heavy atom. The van der Waals surface area contributed by atoms with Crippen LogP contribution in [0.5, 0.6) is 0 Å². The number of carbonyl (C=O) groups is 4. The van der Waals surface area contributed by atoms with Gasteiger partial charge in [-0.3, -0.25) is 19.4 Å². The summed E-state index contributed by atoms with van der Waals surface area (Å²) in [5.74, 6) is -1.57. The van der Waals surface area contributed by atoms with Gasteiger partial charge >= 0.3 is 12.1 Å². The number of urea groups is 1. The molecule has 0 aromatic rings. The summed E-state index contributed by atoms with van der Waals surface area (Å²) in [6.07, 6.45) is -0.879. The lowest BCUT2D eigenvalue weighted by Crippen LogP contribution is -2.64. The van der Waals surface area contributed by atoms with Gasteiger partial charge in [-0.05, 0) is 6.92 Å². The van der Waals surface area contributed by atoms with Crippen LogP contribution in [0.3, 0.4) is 0 Å². The fraction of sp³-hybridized carbons (Fsp3) is 0.556. The highest BCUT2D eigenvalue weighted by Gasteiger charge is 2.43. The van der Waals surface area contributed by atoms with Gasteiger partial charge in [-0.25, -0.2) is 9.59 Å². The summed E-state index contributed by atoms with van der Waals surface area (Å²) < 4.78 is 4.56. The summed E-state index contributed by atoms with van der Waals surface area (Å²) in [4.78, 5) is 47.3. The zero-order valence-corrected chi connectivity index (χ0v) is 9.72. The molecule has 1 N–H and O–H groups in total. The predicted octanol–water partition coefficient (Wildman–Crippen LogP) is -0.848. The molecule has 0 saturated carbocycles. The van der Waals surface area contributed by atoms with E-state index in [0.717, 1.165) is 9.80 Å². The van der Waals surface area contributed by atoms with E-state index in [2.05, 4.69) is 10.1 Å². The van der Waals surface area contributed by atoms with Crippen LogP contribution in [-0.4, -0.2) is 60.5 Å². The largest absolute Gasteiger partial charge is 0.450 e. The lowest BCUT2D eigenvalue weighted by molar-refractivity contribution is -0.144. The molecule has 1 fully saturated rings. The zero-order valence-electron chi connectivity index (χ0n) is 9.72. The lowest BCUT2D eigenvalue weighted by atomic mass is 10.2. The van der Waals surface area contributed by atoms with Crippen LogP contribution in [0.1, 0.15) is 6.92 Å². The topological polar surface area (TPSA) is 96.0 Å². The zero-order chi connectivity index (χ0) is 13.2. The fourth-order valence-electron chi connectivity index (χ4n) is 1.32. The van der Waals surface area contributed by atoms with Crippen molar-refractivity contribution in [1.82, 2.24) is 15.1 Å². The van der Waals surface area contributed by atoms with E-state index in [0.29, 0.717) is 0 Å². The van der Waals surface area contributed by atoms with Crippen LogP contribution in [-0.2, 0) is 14.3 Å². The molecule has 1 aliphatic heterocycles. The summed E-state index contributed by atoms with van der Waals surface area (Å²) in [6.45, 7) is 1.71. The third kappa shape index (κ3) is 2.35. The molecule has 1 saturated heterocycles. The number of ether oxygens (including phenoxy) is 1. The Labute approximate surface area is 97.5 Å². The predicted molar refractivity (Wildman–Crippen MR) is 54.9 cm³/mol. The molecule has 0 spiro atoms. The van der Waals surface area contributed by atoms with Crippen molar-refractivity contribution in [2.45, 2.75) is 13.0 Å². The van der Waals surface area contributed by atoms with E-state index in [-0.39, 0.29) is 6.61 Å². The first-order valence-corrected chi connectivity index (χ1v) is 4.92. The van der Waals surface area contributed by atoms with Gasteiger partial charge in [-0.1, -0.05) is 0 Å². The van der Waals surface area contributed by atoms with Crippen molar-refractivity contribution in [2.75, 3.05) is 20.7 Å². The van der Waals surface area contributed by atoms with E-state index in [1.165, 1.54) is 14.1 Å². The molecule has 0 atom stereocenters. The van der Waals surface area contributed by atoms with Crippen molar-refractivity contribution >= 4 is 23.9 Å². The van der Waals surface area contributed by atoms with Gasteiger partial charge in [0.2, 0.25) is 0 Å². The van der Waals surface area contributed by atoms with E-state index in [9.17, 15) is 19.2 Å². The summed E-state index contributed by atoms with van der Waals surface area (Å²) in [5, 5.41) is 2.10. The number of barbiturate groups is 1. The number of hydrogen-bond acceptors (Lipinski definition) is 5. The average Bonchev–Trinajstić information content (AvgIpc) is 2.30. The second kappa shape index (κ2) is 4.81. The van der Waals surface area contributed by atoms with Gasteiger partial charge in [0.1, 0.15) is 0 Å². The van der Waals surface area contributed by atoms with Gasteiger partial charge in [-0.15, -0.1) is 0 Å². The Balaban J connectivity index is 2.83. The van der Waals surface area contributed by atoms with Crippen molar-refractivity contribution in [2.24, 2.45) is 0 Å². The Hall–Kier alpha value is -2.12. The molecule has 94 valence electrons. The van der Waals surface area contributed by atoms with Crippen molar-refractivity contribution in [3.8, 4) is 0 Å². The van der Waals surface area contributed by atoms with Crippen LogP contribution in [0.2, 0.25) is 0 Å². The molecular formula is C9H13N3O5. The Kier molecular flexibility index (Phi) is 3.66. The summed E-state index contributed by atoms with van der Waals surface area (Å²) in [5.41, 5.74) is 0. The fourth-order valence-corrected chi connectivity index (χ4v) is 1.32. The van der Waals surface area contributed by atoms with E-state index in [1.54, 1.807) is 6.92 Å². The Morgan fingerprint density at radius 1 is 1.24 bits per heavy atom. The maximum absolute atomic E-state index is 11.6. The molecule has 1 rings (SSSR count). The van der Waals surface area contributed by atoms with E-state index < -0.39 is 30.0 Å². The van der Waals surface area contributed by atoms with Crippen molar-refractivity contribution in [3.63, 3.8) is 0 Å². The minimum Gasteiger partial charge on any atom is -0.450 e. The smallest absolute Gasteiger partial charge is 0.408 e. The molecule has 8 heteroatoms. The van der Waals surface area contributed by atoms with Crippen LogP contribution in [0.25, 0.3) is 0 Å². The number of nitrogens with zero attached hydrogens (tertiary/aromatic N) is 2. The SMILES string of the molecule is CCOC(=O)NC1C(=O)N(C)C(=O)N(C)C1=O. The van der Waals surface area contributed by atoms with Gasteiger partial charge in [0.15, 0.2) is 6.04 Å². The van der Waals surface area contributed by atoms with Gasteiger partial charge in [-0.2, -0.15) is 0 Å². The van der Waals surface area contributed by atoms with Crippen molar-refractivity contribution < 1.29 is 23.9 Å². The van der Waals surface area contributed by atoms with Crippen LogP contribution in [0, 0.1) is 0 Å². The normalized spacial score (nSPS) is 17.5. The number of hydrogen-bond donors (Lipinski definition) is 1. The first-order chi connectivity index (χ1) is 7.90. The maximum atomic E-state index is 11.6. The average molecular weight is 243 g/mol. The Morgan fingerprint density at radius 2 is 1.71 bits per heavy atom. The number of carbonyl (C=O) groups excluding carboxylic acids is 4. The molecule has 0 aromatic heterocycles. The van der Waals surface area contributed by atoms with Gasteiger partial charge in [0, 0.05) is 14.1 Å². The van der Waals surface area contributed by atoms with E-state index in [4.69, 9.17) is 0 Å². The maximum Gasteiger partial charge on any atom is 0.408 e. The monoisotopic (exact) mass is 243 g/mol. The molecule has 0 radical (unpaired) electrons. The van der Waals surface area contributed by atoms with E-state index in [1.807, 2.05) is 0 Å². The third-order valence-electron chi connectivity index (χ3n) is 2.27. The molecule has 0 bridgehead atoms. The van der Waals surface area contributed by atoms with E-state index >= 15 is 0 Å². The number of likely N-dealkylation sites (N-methyl/N-ethyl adjacent to an activating group) is 2. The van der Waals surface area contributed by atoms with Crippen LogP contribution in [0.4, 0.5) is 9.59 Å². The first kappa shape index (κ1) is 12.9. The molecular weight excluding hydrogens is 230 g/mol. The second-order valence-electron chi connectivity index (χ2n) is 3.37. The minimum atomic E-state index is -1.42. The van der Waals surface area contributed by atoms with Crippen LogP contribution in [0.15, 0.2) is 0 Å². The summed E-state index contributed by atoms with van der Waals surface area (Å²) >= 11 is 0. The van der Waals surface area contributed by atoms with Crippen molar-refractivity contribution in [3.05, 3.63) is 0 Å². The van der Waals surface area contributed by atoms with Crippen LogP contribution < -0.4 is 5.32 Å². The number of rotatable bonds is 2. The molecule has 1 heterocycles. The molecule has 0 unspecified atom stereocenters. The number of amides is 5. The molecule has 0 aliphatic carbocycles. The van der Waals surface area contributed by atoms with Gasteiger partial charge in [0.05, 0.1) is 6.61 Å². The first-order valence-electron chi connectivity index (χ1n) is 4.92. The van der Waals surface area contributed by atoms with Gasteiger partial charge in [0.25, 0.3) is 11.8 Å². The summed E-state index contributed by atoms with van der Waals surface area (Å²) in [7, 11) is 2.46. The third-order valence-corrected chi connectivity index (χ3v) is 2.27. The second-order valence-corrected chi connectivity index (χ2v) is 3.37. The number of alkyl carbamates (subject to hydrolysis) is 1. The lowest BCUT2D eigenvalue weighted by Gasteiger charge is -2.32. The molecule has 1 aliphatic rings. The van der Waals surface area contributed by atoms with Gasteiger partial charge < -0.3 is 10.1 Å². The molecule has 0 aromatic carbocycles. The standard InChI is InChI=1S/C9H13N3O5/c1-4-17-8(15)10-5-6(13)11(2)9(16)12(3)7(5)14/h5H,4H2,1-3H3,(H,10,15). The van der Waals surface area contributed by atoms with Crippen LogP contribution >= 0.6 is 0 Å². The number of nitrogens with one attached hydrogen (secondary N) is 1. The highest BCUT2D eigenvalue weighted by atomic mass is 16.5. The quantitative estimate of drug-likeness (QED) is 0.637. The Bertz CT molecular complexity index is 357. The molecule has 8 nitrogen and oxygen atoms in total. The summed E-state index contributed by atoms with van der Waals surface area (Å²) in [6, 6.07) is -2.15. The number of imide groups is 2. The molecule has 5 amide bonds. The highest BCUT2D eigenvalue weighted by molar-refractivity contribution is 6.19. The highest BCUT2D eigenvalue weighted by Crippen LogP contribution is 2.09. The molecule has 17 heavy (non-hydrogen) atoms. The van der Waals surface area contributed by atoms with Crippen molar-refractivity contribution in [1.29, 1.82) is 0 Å².